The zero-order valence-corrected chi connectivity index (χ0v) is 14.6. The lowest BCUT2D eigenvalue weighted by Crippen LogP contribution is -2.18. The van der Waals surface area contributed by atoms with Gasteiger partial charge in [-0.2, -0.15) is 0 Å². The van der Waals surface area contributed by atoms with E-state index in [2.05, 4.69) is 6.92 Å². The molecular formula is C13H27Cl3Si. The van der Waals surface area contributed by atoms with E-state index >= 15 is 0 Å². The lowest BCUT2D eigenvalue weighted by Gasteiger charge is -2.14. The van der Waals surface area contributed by atoms with Crippen LogP contribution in [0.5, 0.6) is 0 Å². The van der Waals surface area contributed by atoms with E-state index in [-0.39, 0.29) is 5.38 Å². The fourth-order valence-corrected chi connectivity index (χ4v) is 5.64. The zero-order chi connectivity index (χ0) is 13.1. The van der Waals surface area contributed by atoms with Gasteiger partial charge < -0.3 is 0 Å². The van der Waals surface area contributed by atoms with Crippen LogP contribution in [0.25, 0.3) is 0 Å². The second kappa shape index (κ2) is 11.0. The molecule has 0 rings (SSSR count). The molecule has 0 aliphatic rings. The maximum Gasteiger partial charge on any atom is 0.249 e. The van der Waals surface area contributed by atoms with E-state index < -0.39 is 6.69 Å². The third-order valence-electron chi connectivity index (χ3n) is 2.95. The summed E-state index contributed by atoms with van der Waals surface area (Å²) in [5.74, 6) is 0. The highest BCUT2D eigenvalue weighted by atomic mass is 35.7. The summed E-state index contributed by atoms with van der Waals surface area (Å²) in [6, 6.07) is 0.814. The van der Waals surface area contributed by atoms with E-state index in [0.29, 0.717) is 0 Å². The van der Waals surface area contributed by atoms with Crippen molar-refractivity contribution in [2.45, 2.75) is 82.7 Å². The summed E-state index contributed by atoms with van der Waals surface area (Å²) in [6.45, 7) is 2.20. The summed E-state index contributed by atoms with van der Waals surface area (Å²) in [7, 11) is 0. The van der Waals surface area contributed by atoms with E-state index in [1.165, 1.54) is 51.4 Å². The predicted molar refractivity (Wildman–Crippen MR) is 85.0 cm³/mol. The highest BCUT2D eigenvalue weighted by Gasteiger charge is 2.24. The van der Waals surface area contributed by atoms with E-state index in [9.17, 15) is 0 Å². The van der Waals surface area contributed by atoms with Gasteiger partial charge in [-0.25, -0.2) is 0 Å². The van der Waals surface area contributed by atoms with Gasteiger partial charge in [0.15, 0.2) is 0 Å². The number of halogens is 3. The van der Waals surface area contributed by atoms with Crippen molar-refractivity contribution >= 4 is 40.5 Å². The normalized spacial score (nSPS) is 13.9. The molecule has 0 bridgehead atoms. The Balaban J connectivity index is 3.22. The first-order chi connectivity index (χ1) is 7.95. The minimum atomic E-state index is -2.00. The molecule has 0 N–H and O–H groups in total. The molecule has 0 spiro atoms. The molecule has 0 nitrogen and oxygen atoms in total. The molecule has 1 atom stereocenters. The summed E-state index contributed by atoms with van der Waals surface area (Å²) in [4.78, 5) is 0. The van der Waals surface area contributed by atoms with Crippen molar-refractivity contribution in [3.8, 4) is 0 Å². The van der Waals surface area contributed by atoms with Crippen molar-refractivity contribution in [2.75, 3.05) is 0 Å². The molecular weight excluding hydrogens is 291 g/mol. The van der Waals surface area contributed by atoms with Gasteiger partial charge >= 0.3 is 0 Å². The van der Waals surface area contributed by atoms with Crippen LogP contribution in [0.2, 0.25) is 12.6 Å². The summed E-state index contributed by atoms with van der Waals surface area (Å²) >= 11 is 18.3. The van der Waals surface area contributed by atoms with Crippen LogP contribution in [0.15, 0.2) is 0 Å². The van der Waals surface area contributed by atoms with Gasteiger partial charge in [0.05, 0.1) is 0 Å². The average molecular weight is 318 g/mol. The molecule has 17 heavy (non-hydrogen) atoms. The second-order valence-corrected chi connectivity index (χ2v) is 13.9. The van der Waals surface area contributed by atoms with Crippen molar-refractivity contribution in [1.29, 1.82) is 0 Å². The van der Waals surface area contributed by atoms with Crippen LogP contribution in [-0.2, 0) is 0 Å². The van der Waals surface area contributed by atoms with Gasteiger partial charge in [0, 0.05) is 5.38 Å². The number of alkyl halides is 1. The molecule has 0 saturated carbocycles. The minimum absolute atomic E-state index is 0.182. The number of hydrogen-bond donors (Lipinski definition) is 0. The van der Waals surface area contributed by atoms with Gasteiger partial charge in [-0.1, -0.05) is 58.3 Å². The molecule has 0 fully saturated rings. The predicted octanol–water partition coefficient (Wildman–Crippen LogP) is 6.67. The van der Waals surface area contributed by atoms with Crippen LogP contribution in [0.1, 0.15) is 64.7 Å². The van der Waals surface area contributed by atoms with E-state index in [1.807, 2.05) is 6.55 Å². The molecule has 1 unspecified atom stereocenters. The largest absolute Gasteiger partial charge is 0.249 e. The highest BCUT2D eigenvalue weighted by Crippen LogP contribution is 2.27. The van der Waals surface area contributed by atoms with E-state index in [1.54, 1.807) is 0 Å². The molecule has 0 aromatic heterocycles. The topological polar surface area (TPSA) is 0 Å². The molecule has 4 heteroatoms. The Morgan fingerprint density at radius 2 is 1.35 bits per heavy atom. The first kappa shape index (κ1) is 18.1. The van der Waals surface area contributed by atoms with Crippen LogP contribution in [0, 0.1) is 0 Å². The molecule has 0 amide bonds. The molecule has 0 radical (unpaired) electrons. The smallest absolute Gasteiger partial charge is 0.146 e. The van der Waals surface area contributed by atoms with E-state index in [0.717, 1.165) is 12.5 Å². The molecule has 0 aromatic rings. The molecule has 0 heterocycles. The Morgan fingerprint density at radius 3 is 1.82 bits per heavy atom. The first-order valence-corrected chi connectivity index (χ1v) is 12.1. The highest BCUT2D eigenvalue weighted by molar-refractivity contribution is 7.45. The Bertz CT molecular complexity index is 169. The van der Waals surface area contributed by atoms with Crippen molar-refractivity contribution in [3.63, 3.8) is 0 Å². The third kappa shape index (κ3) is 15.0. The fraction of sp³-hybridized carbons (Fsp3) is 1.00. The fourth-order valence-electron chi connectivity index (χ4n) is 1.99. The van der Waals surface area contributed by atoms with Gasteiger partial charge in [-0.15, -0.1) is 33.8 Å². The van der Waals surface area contributed by atoms with E-state index in [4.69, 9.17) is 33.8 Å². The molecule has 0 aromatic carbocycles. The van der Waals surface area contributed by atoms with Crippen molar-refractivity contribution in [1.82, 2.24) is 0 Å². The number of rotatable bonds is 11. The Hall–Kier alpha value is 1.09. The average Bonchev–Trinajstić information content (AvgIpc) is 2.19. The quantitative estimate of drug-likeness (QED) is 0.173. The second-order valence-electron chi connectivity index (χ2n) is 5.14. The molecule has 104 valence electrons. The van der Waals surface area contributed by atoms with Crippen LogP contribution >= 0.6 is 33.8 Å². The summed E-state index contributed by atoms with van der Waals surface area (Å²) in [6.07, 6.45) is 11.8. The molecule has 0 aliphatic carbocycles. The first-order valence-electron chi connectivity index (χ1n) is 6.97. The van der Waals surface area contributed by atoms with Gasteiger partial charge in [0.2, 0.25) is 6.69 Å². The van der Waals surface area contributed by atoms with Gasteiger partial charge in [-0.3, -0.25) is 0 Å². The Labute approximate surface area is 123 Å². The summed E-state index contributed by atoms with van der Waals surface area (Å²) in [5, 5.41) is 0.182. The Morgan fingerprint density at radius 1 is 0.882 bits per heavy atom. The number of hydrogen-bond acceptors (Lipinski definition) is 0. The lowest BCUT2D eigenvalue weighted by molar-refractivity contribution is 0.563. The van der Waals surface area contributed by atoms with Gasteiger partial charge in [0.25, 0.3) is 0 Å². The van der Waals surface area contributed by atoms with Crippen LogP contribution in [0.4, 0.5) is 0 Å². The van der Waals surface area contributed by atoms with Gasteiger partial charge in [0.1, 0.15) is 0 Å². The maximum atomic E-state index is 6.21. The lowest BCUT2D eigenvalue weighted by atomic mass is 10.1. The van der Waals surface area contributed by atoms with Crippen molar-refractivity contribution in [3.05, 3.63) is 0 Å². The van der Waals surface area contributed by atoms with Crippen LogP contribution < -0.4 is 0 Å². The van der Waals surface area contributed by atoms with Crippen LogP contribution in [-0.4, -0.2) is 12.1 Å². The Kier molecular flexibility index (Phi) is 11.7. The maximum absolute atomic E-state index is 6.21. The summed E-state index contributed by atoms with van der Waals surface area (Å²) in [5.41, 5.74) is 0. The van der Waals surface area contributed by atoms with Crippen LogP contribution in [0.3, 0.4) is 0 Å². The third-order valence-corrected chi connectivity index (χ3v) is 5.72. The zero-order valence-electron chi connectivity index (χ0n) is 11.3. The SMILES string of the molecule is CCCCCCCCCCC(Cl)C[Si](C)(Cl)Cl. The monoisotopic (exact) mass is 316 g/mol. The standard InChI is InChI=1S/C13H27Cl3Si/c1-3-4-5-6-7-8-9-10-11-13(14)12-17(2,15)16/h13H,3-12H2,1-2H3. The number of unbranched alkanes of at least 4 members (excludes halogenated alkanes) is 7. The van der Waals surface area contributed by atoms with Crippen molar-refractivity contribution in [2.24, 2.45) is 0 Å². The minimum Gasteiger partial charge on any atom is -0.146 e. The summed E-state index contributed by atoms with van der Waals surface area (Å²) < 4.78 is 0. The van der Waals surface area contributed by atoms with Crippen molar-refractivity contribution < 1.29 is 0 Å². The van der Waals surface area contributed by atoms with Gasteiger partial charge in [-0.05, 0) is 19.0 Å². The molecule has 0 aliphatic heterocycles. The molecule has 0 saturated heterocycles.